The van der Waals surface area contributed by atoms with Gasteiger partial charge in [0.05, 0.1) is 13.0 Å². The number of ether oxygens (including phenoxy) is 1. The summed E-state index contributed by atoms with van der Waals surface area (Å²) in [5.41, 5.74) is 1.22. The Bertz CT molecular complexity index is 634. The molecule has 0 bridgehead atoms. The minimum absolute atomic E-state index is 0.0207. The number of carboxylic acid groups (broad SMARTS) is 1. The third-order valence-corrected chi connectivity index (χ3v) is 5.53. The maximum atomic E-state index is 12.2. The lowest BCUT2D eigenvalue weighted by Gasteiger charge is -2.27. The van der Waals surface area contributed by atoms with Gasteiger partial charge in [0, 0.05) is 18.0 Å². The fraction of sp³-hybridized carbons (Fsp3) is 0.579. The van der Waals surface area contributed by atoms with Crippen molar-refractivity contribution in [1.82, 2.24) is 10.6 Å². The van der Waals surface area contributed by atoms with E-state index in [1.165, 1.54) is 5.56 Å². The molecule has 1 aromatic carbocycles. The molecule has 3 N–H and O–H groups in total. The number of methoxy groups -OCH3 is 1. The molecule has 3 rings (SSSR count). The minimum Gasteiger partial charge on any atom is -0.497 e. The SMILES string of the molecule is COc1cccc(C2(CNC(=O)NC3CCC(C(=O)O)CC3)CC2)c1. The zero-order valence-corrected chi connectivity index (χ0v) is 14.6. The average molecular weight is 346 g/mol. The van der Waals surface area contributed by atoms with E-state index in [1.807, 2.05) is 18.2 Å². The summed E-state index contributed by atoms with van der Waals surface area (Å²) in [6, 6.07) is 7.94. The monoisotopic (exact) mass is 346 g/mol. The molecule has 2 saturated carbocycles. The van der Waals surface area contributed by atoms with Gasteiger partial charge in [-0.05, 0) is 56.2 Å². The van der Waals surface area contributed by atoms with Gasteiger partial charge in [-0.25, -0.2) is 4.79 Å². The second-order valence-corrected chi connectivity index (χ2v) is 7.23. The first kappa shape index (κ1) is 17.6. The fourth-order valence-electron chi connectivity index (χ4n) is 3.64. The van der Waals surface area contributed by atoms with Crippen LogP contribution in [-0.2, 0) is 10.2 Å². The Morgan fingerprint density at radius 1 is 1.24 bits per heavy atom. The average Bonchev–Trinajstić information content (AvgIpc) is 3.42. The van der Waals surface area contributed by atoms with Crippen LogP contribution < -0.4 is 15.4 Å². The van der Waals surface area contributed by atoms with Crippen LogP contribution in [0, 0.1) is 5.92 Å². The molecule has 25 heavy (non-hydrogen) atoms. The van der Waals surface area contributed by atoms with Crippen LogP contribution in [0.4, 0.5) is 4.79 Å². The van der Waals surface area contributed by atoms with Gasteiger partial charge in [0.2, 0.25) is 0 Å². The topological polar surface area (TPSA) is 87.7 Å². The van der Waals surface area contributed by atoms with Crippen LogP contribution in [0.3, 0.4) is 0 Å². The van der Waals surface area contributed by atoms with Crippen molar-refractivity contribution in [2.24, 2.45) is 5.92 Å². The highest BCUT2D eigenvalue weighted by Gasteiger charge is 2.44. The number of nitrogens with one attached hydrogen (secondary N) is 2. The molecule has 0 unspecified atom stereocenters. The minimum atomic E-state index is -0.725. The number of benzene rings is 1. The van der Waals surface area contributed by atoms with Crippen molar-refractivity contribution in [3.8, 4) is 5.75 Å². The highest BCUT2D eigenvalue weighted by Crippen LogP contribution is 2.48. The first-order valence-electron chi connectivity index (χ1n) is 8.94. The Morgan fingerprint density at radius 3 is 2.56 bits per heavy atom. The Hall–Kier alpha value is -2.24. The number of amides is 2. The van der Waals surface area contributed by atoms with E-state index >= 15 is 0 Å². The van der Waals surface area contributed by atoms with Crippen LogP contribution in [0.1, 0.15) is 44.1 Å². The molecule has 0 spiro atoms. The molecule has 2 amide bonds. The summed E-state index contributed by atoms with van der Waals surface area (Å²) in [7, 11) is 1.66. The van der Waals surface area contributed by atoms with Gasteiger partial charge in [-0.2, -0.15) is 0 Å². The van der Waals surface area contributed by atoms with Crippen LogP contribution in [0.5, 0.6) is 5.75 Å². The van der Waals surface area contributed by atoms with Gasteiger partial charge in [-0.1, -0.05) is 12.1 Å². The molecule has 6 nitrogen and oxygen atoms in total. The summed E-state index contributed by atoms with van der Waals surface area (Å²) in [6.07, 6.45) is 4.84. The lowest BCUT2D eigenvalue weighted by molar-refractivity contribution is -0.142. The lowest BCUT2D eigenvalue weighted by Crippen LogP contribution is -2.46. The zero-order chi connectivity index (χ0) is 17.9. The maximum Gasteiger partial charge on any atom is 0.315 e. The van der Waals surface area contributed by atoms with Gasteiger partial charge < -0.3 is 20.5 Å². The summed E-state index contributed by atoms with van der Waals surface area (Å²) in [6.45, 7) is 0.608. The van der Waals surface area contributed by atoms with E-state index in [0.29, 0.717) is 19.4 Å². The van der Waals surface area contributed by atoms with Gasteiger partial charge in [0.1, 0.15) is 5.75 Å². The van der Waals surface area contributed by atoms with Crippen LogP contribution >= 0.6 is 0 Å². The third-order valence-electron chi connectivity index (χ3n) is 5.53. The van der Waals surface area contributed by atoms with Crippen LogP contribution in [0.25, 0.3) is 0 Å². The number of rotatable bonds is 6. The van der Waals surface area contributed by atoms with E-state index in [1.54, 1.807) is 7.11 Å². The standard InChI is InChI=1S/C19H26N2O4/c1-25-16-4-2-3-14(11-16)19(9-10-19)12-20-18(24)21-15-7-5-13(6-8-15)17(22)23/h2-4,11,13,15H,5-10,12H2,1H3,(H,22,23)(H2,20,21,24). The van der Waals surface area contributed by atoms with Crippen LogP contribution in [-0.4, -0.2) is 36.8 Å². The van der Waals surface area contributed by atoms with Crippen molar-refractivity contribution in [3.63, 3.8) is 0 Å². The van der Waals surface area contributed by atoms with Crippen molar-refractivity contribution in [2.45, 2.75) is 50.0 Å². The Balaban J connectivity index is 1.47. The molecule has 0 aromatic heterocycles. The van der Waals surface area contributed by atoms with Crippen molar-refractivity contribution < 1.29 is 19.4 Å². The lowest BCUT2D eigenvalue weighted by atomic mass is 9.86. The molecule has 0 atom stereocenters. The van der Waals surface area contributed by atoms with E-state index < -0.39 is 5.97 Å². The van der Waals surface area contributed by atoms with Gasteiger partial charge in [-0.3, -0.25) is 4.79 Å². The number of hydrogen-bond donors (Lipinski definition) is 3. The molecule has 0 heterocycles. The summed E-state index contributed by atoms with van der Waals surface area (Å²) in [5.74, 6) is -0.149. The quantitative estimate of drug-likeness (QED) is 0.739. The molecule has 0 saturated heterocycles. The molecule has 2 fully saturated rings. The smallest absolute Gasteiger partial charge is 0.315 e. The van der Waals surface area contributed by atoms with Crippen LogP contribution in [0.15, 0.2) is 24.3 Å². The van der Waals surface area contributed by atoms with E-state index in [2.05, 4.69) is 16.7 Å². The maximum absolute atomic E-state index is 12.2. The summed E-state index contributed by atoms with van der Waals surface area (Å²) < 4.78 is 5.29. The van der Waals surface area contributed by atoms with Gasteiger partial charge in [-0.15, -0.1) is 0 Å². The second-order valence-electron chi connectivity index (χ2n) is 7.23. The summed E-state index contributed by atoms with van der Waals surface area (Å²) in [5, 5.41) is 15.0. The Labute approximate surface area is 147 Å². The molecule has 2 aliphatic rings. The van der Waals surface area contributed by atoms with E-state index in [-0.39, 0.29) is 23.4 Å². The predicted octanol–water partition coefficient (Wildman–Crippen LogP) is 2.67. The zero-order valence-electron chi connectivity index (χ0n) is 14.6. The summed E-state index contributed by atoms with van der Waals surface area (Å²) >= 11 is 0. The van der Waals surface area contributed by atoms with Crippen molar-refractivity contribution >= 4 is 12.0 Å². The van der Waals surface area contributed by atoms with Crippen molar-refractivity contribution in [1.29, 1.82) is 0 Å². The third kappa shape index (κ3) is 4.24. The number of carboxylic acids is 1. The van der Waals surface area contributed by atoms with E-state index in [4.69, 9.17) is 9.84 Å². The first-order chi connectivity index (χ1) is 12.0. The molecule has 136 valence electrons. The highest BCUT2D eigenvalue weighted by molar-refractivity contribution is 5.74. The normalized spacial score (nSPS) is 24.2. The number of urea groups is 1. The summed E-state index contributed by atoms with van der Waals surface area (Å²) in [4.78, 5) is 23.2. The molecule has 0 aliphatic heterocycles. The number of carbonyl (C=O) groups excluding carboxylic acids is 1. The van der Waals surface area contributed by atoms with Crippen LogP contribution in [0.2, 0.25) is 0 Å². The number of hydrogen-bond acceptors (Lipinski definition) is 3. The molecular weight excluding hydrogens is 320 g/mol. The second kappa shape index (κ2) is 7.33. The van der Waals surface area contributed by atoms with E-state index in [0.717, 1.165) is 31.4 Å². The van der Waals surface area contributed by atoms with Gasteiger partial charge in [0.15, 0.2) is 0 Å². The van der Waals surface area contributed by atoms with Crippen molar-refractivity contribution in [2.75, 3.05) is 13.7 Å². The largest absolute Gasteiger partial charge is 0.497 e. The molecule has 2 aliphatic carbocycles. The van der Waals surface area contributed by atoms with Crippen molar-refractivity contribution in [3.05, 3.63) is 29.8 Å². The molecule has 0 radical (unpaired) electrons. The molecular formula is C19H26N2O4. The van der Waals surface area contributed by atoms with Gasteiger partial charge >= 0.3 is 12.0 Å². The van der Waals surface area contributed by atoms with E-state index in [9.17, 15) is 9.59 Å². The fourth-order valence-corrected chi connectivity index (χ4v) is 3.64. The molecule has 6 heteroatoms. The Kier molecular flexibility index (Phi) is 5.16. The molecule has 1 aromatic rings. The highest BCUT2D eigenvalue weighted by atomic mass is 16.5. The number of carbonyl (C=O) groups is 2. The Morgan fingerprint density at radius 2 is 1.96 bits per heavy atom. The first-order valence-corrected chi connectivity index (χ1v) is 8.94. The predicted molar refractivity (Wildman–Crippen MR) is 93.8 cm³/mol. The van der Waals surface area contributed by atoms with Gasteiger partial charge in [0.25, 0.3) is 0 Å². The number of aliphatic carboxylic acids is 1.